The van der Waals surface area contributed by atoms with Gasteiger partial charge in [-0.25, -0.2) is 0 Å². The van der Waals surface area contributed by atoms with Gasteiger partial charge in [-0.15, -0.1) is 0 Å². The van der Waals surface area contributed by atoms with Gasteiger partial charge in [-0.05, 0) is 97.2 Å². The fourth-order valence-electron chi connectivity index (χ4n) is 5.33. The van der Waals surface area contributed by atoms with Crippen molar-refractivity contribution in [3.05, 3.63) is 138 Å². The van der Waals surface area contributed by atoms with Crippen molar-refractivity contribution < 1.29 is 14.6 Å². The standard InChI is InChI=1S/C17H18N2O3.C9H11N.C8H9NO2/c1-12-3-4-14(17(7-12)22-2)10-18-9-13-5-6-16(19(20)21)8-15(13)11-18;10-9-5-4-7-2-1-3-8(7)6-9;1-6-3-4-8(9(10)11)5-7(6)2/h3-8H,9-11H2,1-2H3;4-6H,1-3,10H2;3-5H,1-2H3. The molecule has 0 radical (unpaired) electrons. The second-order valence-corrected chi connectivity index (χ2v) is 11.1. The number of hydrogen-bond donors (Lipinski definition) is 1. The van der Waals surface area contributed by atoms with Gasteiger partial charge in [0.1, 0.15) is 5.75 Å². The minimum absolute atomic E-state index is 0.160. The van der Waals surface area contributed by atoms with E-state index in [9.17, 15) is 20.2 Å². The molecule has 224 valence electrons. The van der Waals surface area contributed by atoms with Crippen LogP contribution in [0.1, 0.15) is 50.9 Å². The summed E-state index contributed by atoms with van der Waals surface area (Å²) in [7, 11) is 1.68. The van der Waals surface area contributed by atoms with E-state index < -0.39 is 0 Å². The van der Waals surface area contributed by atoms with Crippen LogP contribution < -0.4 is 10.5 Å². The second-order valence-electron chi connectivity index (χ2n) is 11.1. The van der Waals surface area contributed by atoms with Crippen molar-refractivity contribution in [2.45, 2.75) is 59.7 Å². The number of benzene rings is 4. The molecule has 0 saturated carbocycles. The van der Waals surface area contributed by atoms with Crippen LogP contribution in [-0.2, 0) is 32.5 Å². The Kier molecular flexibility index (Phi) is 10.1. The Bertz CT molecular complexity index is 1640. The second kappa shape index (κ2) is 13.9. The molecule has 4 aromatic rings. The van der Waals surface area contributed by atoms with E-state index in [2.05, 4.69) is 29.2 Å². The molecule has 0 bridgehead atoms. The number of nitrogens with two attached hydrogens (primary N) is 1. The number of methoxy groups -OCH3 is 1. The number of nitro benzene ring substituents is 2. The number of non-ortho nitro benzene ring substituents is 2. The maximum atomic E-state index is 10.9. The van der Waals surface area contributed by atoms with Crippen molar-refractivity contribution in [3.63, 3.8) is 0 Å². The Morgan fingerprint density at radius 3 is 2.09 bits per heavy atom. The lowest BCUT2D eigenvalue weighted by atomic mass is 10.1. The number of ether oxygens (including phenoxy) is 1. The van der Waals surface area contributed by atoms with E-state index in [0.717, 1.165) is 58.9 Å². The van der Waals surface area contributed by atoms with E-state index in [0.29, 0.717) is 0 Å². The van der Waals surface area contributed by atoms with Crippen molar-refractivity contribution >= 4 is 17.1 Å². The van der Waals surface area contributed by atoms with Crippen molar-refractivity contribution in [2.24, 2.45) is 0 Å². The highest BCUT2D eigenvalue weighted by Crippen LogP contribution is 2.30. The Hall–Kier alpha value is -4.76. The lowest BCUT2D eigenvalue weighted by Crippen LogP contribution is -2.16. The van der Waals surface area contributed by atoms with Gasteiger partial charge in [0, 0.05) is 55.2 Å². The molecular weight excluding hydrogens is 544 g/mol. The highest BCUT2D eigenvalue weighted by atomic mass is 16.6. The summed E-state index contributed by atoms with van der Waals surface area (Å²) in [6.45, 7) is 8.14. The van der Waals surface area contributed by atoms with E-state index in [1.807, 2.05) is 39.0 Å². The number of aryl methyl sites for hydroxylation is 5. The topological polar surface area (TPSA) is 125 Å². The number of fused-ring (bicyclic) bond motifs is 2. The fourth-order valence-corrected chi connectivity index (χ4v) is 5.33. The average molecular weight is 583 g/mol. The molecule has 0 fully saturated rings. The fraction of sp³-hybridized carbons (Fsp3) is 0.294. The molecular formula is C34H38N4O5. The van der Waals surface area contributed by atoms with E-state index in [1.54, 1.807) is 31.4 Å². The first-order chi connectivity index (χ1) is 20.5. The smallest absolute Gasteiger partial charge is 0.269 e. The van der Waals surface area contributed by atoms with Crippen LogP contribution in [0.3, 0.4) is 0 Å². The number of nitrogens with zero attached hydrogens (tertiary/aromatic N) is 3. The molecule has 1 heterocycles. The van der Waals surface area contributed by atoms with Crippen molar-refractivity contribution in [1.82, 2.24) is 4.90 Å². The SMILES string of the molecule is COc1cc(C)ccc1CN1Cc2ccc([N+](=O)[O-])cc2C1.Cc1ccc([N+](=O)[O-])cc1C.Nc1ccc2c(c1)CCC2. The van der Waals surface area contributed by atoms with Gasteiger partial charge in [-0.2, -0.15) is 0 Å². The zero-order valence-corrected chi connectivity index (χ0v) is 25.1. The summed E-state index contributed by atoms with van der Waals surface area (Å²) in [6, 6.07) is 22.4. The summed E-state index contributed by atoms with van der Waals surface area (Å²) >= 11 is 0. The van der Waals surface area contributed by atoms with Crippen molar-refractivity contribution in [3.8, 4) is 5.75 Å². The predicted octanol–water partition coefficient (Wildman–Crippen LogP) is 7.40. The van der Waals surface area contributed by atoms with Crippen LogP contribution in [0.15, 0.2) is 72.8 Å². The third-order valence-electron chi connectivity index (χ3n) is 7.85. The van der Waals surface area contributed by atoms with Gasteiger partial charge in [0.05, 0.1) is 17.0 Å². The van der Waals surface area contributed by atoms with Crippen LogP contribution in [0.5, 0.6) is 5.75 Å². The summed E-state index contributed by atoms with van der Waals surface area (Å²) in [4.78, 5) is 22.7. The predicted molar refractivity (Wildman–Crippen MR) is 169 cm³/mol. The van der Waals surface area contributed by atoms with Crippen LogP contribution in [0, 0.1) is 41.0 Å². The lowest BCUT2D eigenvalue weighted by molar-refractivity contribution is -0.385. The van der Waals surface area contributed by atoms with E-state index in [1.165, 1.54) is 42.0 Å². The molecule has 6 rings (SSSR count). The Morgan fingerprint density at radius 2 is 1.40 bits per heavy atom. The molecule has 43 heavy (non-hydrogen) atoms. The molecule has 0 aromatic heterocycles. The molecule has 2 N–H and O–H groups in total. The van der Waals surface area contributed by atoms with Gasteiger partial charge >= 0.3 is 0 Å². The monoisotopic (exact) mass is 582 g/mol. The van der Waals surface area contributed by atoms with Crippen molar-refractivity contribution in [2.75, 3.05) is 12.8 Å². The highest BCUT2D eigenvalue weighted by Gasteiger charge is 2.22. The summed E-state index contributed by atoms with van der Waals surface area (Å²) in [6.07, 6.45) is 3.77. The average Bonchev–Trinajstić information content (AvgIpc) is 3.61. The first-order valence-electron chi connectivity index (χ1n) is 14.2. The molecule has 9 nitrogen and oxygen atoms in total. The third kappa shape index (κ3) is 8.17. The minimum atomic E-state index is -0.382. The largest absolute Gasteiger partial charge is 0.496 e. The van der Waals surface area contributed by atoms with Crippen LogP contribution >= 0.6 is 0 Å². The number of nitro groups is 2. The normalized spacial score (nSPS) is 13.1. The zero-order valence-electron chi connectivity index (χ0n) is 25.1. The molecule has 0 unspecified atom stereocenters. The van der Waals surface area contributed by atoms with Gasteiger partial charge in [0.2, 0.25) is 0 Å². The van der Waals surface area contributed by atoms with E-state index in [4.69, 9.17) is 10.5 Å². The van der Waals surface area contributed by atoms with Gasteiger partial charge in [-0.3, -0.25) is 25.1 Å². The Labute approximate surface area is 252 Å². The molecule has 0 amide bonds. The molecule has 2 aliphatic rings. The quantitative estimate of drug-likeness (QED) is 0.148. The van der Waals surface area contributed by atoms with Gasteiger partial charge in [0.25, 0.3) is 11.4 Å². The summed E-state index contributed by atoms with van der Waals surface area (Å²) < 4.78 is 5.45. The molecule has 9 heteroatoms. The van der Waals surface area contributed by atoms with Crippen LogP contribution in [0.25, 0.3) is 0 Å². The number of rotatable bonds is 5. The molecule has 4 aromatic carbocycles. The van der Waals surface area contributed by atoms with E-state index >= 15 is 0 Å². The first-order valence-corrected chi connectivity index (χ1v) is 14.2. The molecule has 1 aliphatic carbocycles. The summed E-state index contributed by atoms with van der Waals surface area (Å²) in [5.74, 6) is 0.891. The highest BCUT2D eigenvalue weighted by molar-refractivity contribution is 5.46. The Morgan fingerprint density at radius 1 is 0.744 bits per heavy atom. The third-order valence-corrected chi connectivity index (χ3v) is 7.85. The summed E-state index contributed by atoms with van der Waals surface area (Å²) in [5.41, 5.74) is 16.4. The first kappa shape index (κ1) is 31.2. The molecule has 0 spiro atoms. The van der Waals surface area contributed by atoms with E-state index in [-0.39, 0.29) is 21.2 Å². The molecule has 0 atom stereocenters. The number of hydrogen-bond acceptors (Lipinski definition) is 7. The number of anilines is 1. The molecule has 1 aliphatic heterocycles. The van der Waals surface area contributed by atoms with Gasteiger partial charge < -0.3 is 10.5 Å². The van der Waals surface area contributed by atoms with Crippen LogP contribution in [0.4, 0.5) is 17.1 Å². The lowest BCUT2D eigenvalue weighted by Gasteiger charge is -2.17. The van der Waals surface area contributed by atoms with Crippen LogP contribution in [-0.4, -0.2) is 21.9 Å². The summed E-state index contributed by atoms with van der Waals surface area (Å²) in [5, 5.41) is 21.1. The maximum absolute atomic E-state index is 10.9. The maximum Gasteiger partial charge on any atom is 0.269 e. The minimum Gasteiger partial charge on any atom is -0.496 e. The van der Waals surface area contributed by atoms with Gasteiger partial charge in [-0.1, -0.05) is 30.3 Å². The van der Waals surface area contributed by atoms with Crippen molar-refractivity contribution in [1.29, 1.82) is 0 Å². The van der Waals surface area contributed by atoms with Crippen LogP contribution in [0.2, 0.25) is 0 Å². The molecule has 0 saturated heterocycles. The number of nitrogen functional groups attached to an aromatic ring is 1. The Balaban J connectivity index is 0.000000167. The van der Waals surface area contributed by atoms with Gasteiger partial charge in [0.15, 0.2) is 0 Å². The zero-order chi connectivity index (χ0) is 31.1.